The number of nitrogens with zero attached hydrogens (tertiary/aromatic N) is 1. The van der Waals surface area contributed by atoms with Crippen LogP contribution in [-0.4, -0.2) is 32.3 Å². The summed E-state index contributed by atoms with van der Waals surface area (Å²) in [7, 11) is 0. The van der Waals surface area contributed by atoms with Crippen LogP contribution in [0.15, 0.2) is 4.47 Å². The minimum Gasteiger partial charge on any atom is -0.481 e. The lowest BCUT2D eigenvalue weighted by Gasteiger charge is -2.02. The number of rotatable bonds is 3. The SMILES string of the molecule is CC(C(=O)O)c1[nH]nc(C(=O)O)c1Br. The highest BCUT2D eigenvalue weighted by Crippen LogP contribution is 2.25. The Morgan fingerprint density at radius 2 is 2.07 bits per heavy atom. The highest BCUT2D eigenvalue weighted by molar-refractivity contribution is 9.10. The fourth-order valence-corrected chi connectivity index (χ4v) is 1.58. The quantitative estimate of drug-likeness (QED) is 0.756. The summed E-state index contributed by atoms with van der Waals surface area (Å²) in [5.74, 6) is -3.09. The Morgan fingerprint density at radius 1 is 1.50 bits per heavy atom. The second kappa shape index (κ2) is 3.79. The number of aromatic carboxylic acids is 1. The number of halogens is 1. The molecule has 0 saturated carbocycles. The molecule has 0 aliphatic rings. The van der Waals surface area contributed by atoms with Gasteiger partial charge in [0.15, 0.2) is 5.69 Å². The number of nitrogens with one attached hydrogen (secondary N) is 1. The van der Waals surface area contributed by atoms with Crippen LogP contribution in [0.1, 0.15) is 29.0 Å². The molecule has 0 amide bonds. The van der Waals surface area contributed by atoms with Crippen LogP contribution >= 0.6 is 15.9 Å². The van der Waals surface area contributed by atoms with Crippen LogP contribution in [-0.2, 0) is 4.79 Å². The van der Waals surface area contributed by atoms with Crippen LogP contribution in [0.5, 0.6) is 0 Å². The van der Waals surface area contributed by atoms with E-state index in [2.05, 4.69) is 26.1 Å². The van der Waals surface area contributed by atoms with Gasteiger partial charge in [0.05, 0.1) is 16.1 Å². The summed E-state index contributed by atoms with van der Waals surface area (Å²) in [6, 6.07) is 0. The predicted molar refractivity (Wildman–Crippen MR) is 49.3 cm³/mol. The van der Waals surface area contributed by atoms with Crippen molar-refractivity contribution in [2.45, 2.75) is 12.8 Å². The molecule has 1 heterocycles. The molecule has 1 aromatic heterocycles. The number of carbonyl (C=O) groups is 2. The van der Waals surface area contributed by atoms with Crippen LogP contribution in [0, 0.1) is 0 Å². The molecule has 1 unspecified atom stereocenters. The van der Waals surface area contributed by atoms with Gasteiger partial charge in [0, 0.05) is 0 Å². The van der Waals surface area contributed by atoms with Crippen molar-refractivity contribution in [3.8, 4) is 0 Å². The first-order valence-corrected chi connectivity index (χ1v) is 4.44. The first-order valence-electron chi connectivity index (χ1n) is 3.65. The summed E-state index contributed by atoms with van der Waals surface area (Å²) < 4.78 is 0.180. The van der Waals surface area contributed by atoms with E-state index in [0.717, 1.165) is 0 Å². The predicted octanol–water partition coefficient (Wildman–Crippen LogP) is 1.06. The molecule has 3 N–H and O–H groups in total. The van der Waals surface area contributed by atoms with E-state index in [1.165, 1.54) is 6.92 Å². The van der Waals surface area contributed by atoms with Crippen LogP contribution in [0.4, 0.5) is 0 Å². The fraction of sp³-hybridized carbons (Fsp3) is 0.286. The number of aromatic nitrogens is 2. The van der Waals surface area contributed by atoms with Crippen LogP contribution in [0.3, 0.4) is 0 Å². The van der Waals surface area contributed by atoms with E-state index in [0.29, 0.717) is 0 Å². The molecule has 0 aliphatic carbocycles. The van der Waals surface area contributed by atoms with Gasteiger partial charge in [0.1, 0.15) is 0 Å². The minimum atomic E-state index is -1.21. The average molecular weight is 263 g/mol. The third-order valence-electron chi connectivity index (χ3n) is 1.74. The summed E-state index contributed by atoms with van der Waals surface area (Å²) in [6.07, 6.45) is 0. The third-order valence-corrected chi connectivity index (χ3v) is 2.54. The Bertz CT molecular complexity index is 387. The molecule has 1 rings (SSSR count). The standard InChI is InChI=1S/C7H7BrN2O4/c1-2(6(11)12)4-3(8)5(7(13)14)10-9-4/h2H,1H3,(H,9,10)(H,11,12)(H,13,14). The lowest BCUT2D eigenvalue weighted by molar-refractivity contribution is -0.138. The van der Waals surface area contributed by atoms with E-state index < -0.39 is 17.9 Å². The summed E-state index contributed by atoms with van der Waals surface area (Å²) in [6.45, 7) is 1.44. The van der Waals surface area contributed by atoms with E-state index in [4.69, 9.17) is 10.2 Å². The first-order chi connectivity index (χ1) is 6.45. The zero-order valence-corrected chi connectivity index (χ0v) is 8.70. The lowest BCUT2D eigenvalue weighted by Crippen LogP contribution is -2.08. The Balaban J connectivity index is 3.13. The van der Waals surface area contributed by atoms with Crippen molar-refractivity contribution < 1.29 is 19.8 Å². The average Bonchev–Trinajstić information content (AvgIpc) is 2.45. The highest BCUT2D eigenvalue weighted by Gasteiger charge is 2.24. The molecule has 0 spiro atoms. The number of aromatic amines is 1. The molecule has 1 aromatic rings. The van der Waals surface area contributed by atoms with Gasteiger partial charge in [0.25, 0.3) is 0 Å². The van der Waals surface area contributed by atoms with Crippen molar-refractivity contribution >= 4 is 27.9 Å². The summed E-state index contributed by atoms with van der Waals surface area (Å²) >= 11 is 2.98. The molecular weight excluding hydrogens is 256 g/mol. The maximum atomic E-state index is 10.6. The number of aliphatic carboxylic acids is 1. The largest absolute Gasteiger partial charge is 0.481 e. The first kappa shape index (κ1) is 10.7. The molecular formula is C7H7BrN2O4. The molecule has 14 heavy (non-hydrogen) atoms. The molecule has 0 aliphatic heterocycles. The monoisotopic (exact) mass is 262 g/mol. The van der Waals surface area contributed by atoms with Crippen molar-refractivity contribution in [3.63, 3.8) is 0 Å². The molecule has 0 saturated heterocycles. The molecule has 0 radical (unpaired) electrons. The second-order valence-electron chi connectivity index (χ2n) is 2.66. The highest BCUT2D eigenvalue weighted by atomic mass is 79.9. The van der Waals surface area contributed by atoms with Gasteiger partial charge in [-0.15, -0.1) is 0 Å². The fourth-order valence-electron chi connectivity index (χ4n) is 0.894. The van der Waals surface area contributed by atoms with Crippen LogP contribution in [0.2, 0.25) is 0 Å². The zero-order valence-electron chi connectivity index (χ0n) is 7.11. The number of H-pyrrole nitrogens is 1. The Morgan fingerprint density at radius 3 is 2.43 bits per heavy atom. The van der Waals surface area contributed by atoms with Crippen LogP contribution in [0.25, 0.3) is 0 Å². The second-order valence-corrected chi connectivity index (χ2v) is 3.46. The smallest absolute Gasteiger partial charge is 0.357 e. The van der Waals surface area contributed by atoms with Gasteiger partial charge in [0.2, 0.25) is 0 Å². The van der Waals surface area contributed by atoms with E-state index in [9.17, 15) is 9.59 Å². The Kier molecular flexibility index (Phi) is 2.90. The Labute approximate surface area is 87.1 Å². The maximum Gasteiger partial charge on any atom is 0.357 e. The van der Waals surface area contributed by atoms with Gasteiger partial charge >= 0.3 is 11.9 Å². The number of hydrogen-bond acceptors (Lipinski definition) is 3. The van der Waals surface area contributed by atoms with Crippen molar-refractivity contribution in [2.75, 3.05) is 0 Å². The minimum absolute atomic E-state index is 0.180. The van der Waals surface area contributed by atoms with E-state index in [1.807, 2.05) is 0 Å². The van der Waals surface area contributed by atoms with Gasteiger partial charge in [-0.3, -0.25) is 9.89 Å². The van der Waals surface area contributed by atoms with E-state index in [1.54, 1.807) is 0 Å². The molecule has 0 fully saturated rings. The summed E-state index contributed by atoms with van der Waals surface area (Å²) in [4.78, 5) is 21.2. The van der Waals surface area contributed by atoms with E-state index in [-0.39, 0.29) is 15.9 Å². The van der Waals surface area contributed by atoms with Crippen LogP contribution < -0.4 is 0 Å². The molecule has 76 valence electrons. The molecule has 1 atom stereocenters. The van der Waals surface area contributed by atoms with Crippen molar-refractivity contribution in [3.05, 3.63) is 15.9 Å². The summed E-state index contributed by atoms with van der Waals surface area (Å²) in [5, 5.41) is 23.2. The number of carboxylic acids is 2. The molecule has 7 heteroatoms. The van der Waals surface area contributed by atoms with Gasteiger partial charge in [-0.05, 0) is 22.9 Å². The van der Waals surface area contributed by atoms with Gasteiger partial charge in [-0.1, -0.05) is 0 Å². The molecule has 0 bridgehead atoms. The zero-order chi connectivity index (χ0) is 10.9. The van der Waals surface area contributed by atoms with Crippen molar-refractivity contribution in [2.24, 2.45) is 0 Å². The van der Waals surface area contributed by atoms with E-state index >= 15 is 0 Å². The Hall–Kier alpha value is -1.37. The van der Waals surface area contributed by atoms with Gasteiger partial charge < -0.3 is 10.2 Å². The van der Waals surface area contributed by atoms with Crippen molar-refractivity contribution in [1.82, 2.24) is 10.2 Å². The number of carboxylic acid groups (broad SMARTS) is 2. The van der Waals surface area contributed by atoms with Gasteiger partial charge in [-0.2, -0.15) is 5.10 Å². The maximum absolute atomic E-state index is 10.6. The molecule has 6 nitrogen and oxygen atoms in total. The molecule has 0 aromatic carbocycles. The number of hydrogen-bond donors (Lipinski definition) is 3. The third kappa shape index (κ3) is 1.77. The van der Waals surface area contributed by atoms with Gasteiger partial charge in [-0.25, -0.2) is 4.79 Å². The topological polar surface area (TPSA) is 103 Å². The lowest BCUT2D eigenvalue weighted by atomic mass is 10.1. The normalized spacial score (nSPS) is 12.4. The van der Waals surface area contributed by atoms with Crippen molar-refractivity contribution in [1.29, 1.82) is 0 Å². The summed E-state index contributed by atoms with van der Waals surface area (Å²) in [5.41, 5.74) is 0.0306.